The summed E-state index contributed by atoms with van der Waals surface area (Å²) in [5.74, 6) is -2.64. The minimum Gasteiger partial charge on any atom is -0.355 e. The fourth-order valence-electron chi connectivity index (χ4n) is 3.83. The van der Waals surface area contributed by atoms with Gasteiger partial charge in [-0.1, -0.05) is 35.8 Å². The lowest BCUT2D eigenvalue weighted by molar-refractivity contribution is -0.117. The van der Waals surface area contributed by atoms with E-state index in [0.717, 1.165) is 0 Å². The van der Waals surface area contributed by atoms with Crippen molar-refractivity contribution in [1.82, 2.24) is 0 Å². The Morgan fingerprint density at radius 1 is 0.971 bits per heavy atom. The fraction of sp³-hybridized carbons (Fsp3) is 0.160. The molecule has 34 heavy (non-hydrogen) atoms. The number of amides is 1. The summed E-state index contributed by atoms with van der Waals surface area (Å²) in [6.45, 7) is 5.81. The number of halogens is 6. The summed E-state index contributed by atoms with van der Waals surface area (Å²) in [7, 11) is 0. The van der Waals surface area contributed by atoms with E-state index in [0.29, 0.717) is 38.8 Å². The first-order chi connectivity index (χ1) is 16.0. The van der Waals surface area contributed by atoms with E-state index in [-0.39, 0.29) is 10.8 Å². The molecule has 2 N–H and O–H groups in total. The van der Waals surface area contributed by atoms with Gasteiger partial charge in [-0.25, -0.2) is 8.78 Å². The van der Waals surface area contributed by atoms with Crippen LogP contribution in [0.5, 0.6) is 0 Å². The molecule has 0 radical (unpaired) electrons. The Morgan fingerprint density at radius 2 is 1.65 bits per heavy atom. The smallest absolute Gasteiger partial charge is 0.231 e. The molecule has 1 aliphatic carbocycles. The number of hydrogen-bond donors (Lipinski definition) is 2. The number of anilines is 2. The van der Waals surface area contributed by atoms with Crippen molar-refractivity contribution < 1.29 is 13.6 Å². The Labute approximate surface area is 215 Å². The lowest BCUT2D eigenvalue weighted by Gasteiger charge is -2.15. The Kier molecular flexibility index (Phi) is 6.85. The van der Waals surface area contributed by atoms with E-state index in [2.05, 4.69) is 17.2 Å². The maximum absolute atomic E-state index is 13.5. The van der Waals surface area contributed by atoms with Gasteiger partial charge in [-0.2, -0.15) is 0 Å². The number of aryl methyl sites for hydroxylation is 1. The van der Waals surface area contributed by atoms with Crippen LogP contribution in [0.15, 0.2) is 61.2 Å². The van der Waals surface area contributed by atoms with Gasteiger partial charge >= 0.3 is 0 Å². The van der Waals surface area contributed by atoms with Crippen LogP contribution >= 0.6 is 46.4 Å². The maximum atomic E-state index is 13.5. The van der Waals surface area contributed by atoms with Gasteiger partial charge in [0.25, 0.3) is 0 Å². The van der Waals surface area contributed by atoms with Gasteiger partial charge in [0.2, 0.25) is 5.91 Å². The molecule has 1 saturated carbocycles. The molecular formula is C25H18Cl4F2N2O. The molecule has 9 heteroatoms. The predicted molar refractivity (Wildman–Crippen MR) is 136 cm³/mol. The van der Waals surface area contributed by atoms with E-state index in [9.17, 15) is 13.6 Å². The summed E-state index contributed by atoms with van der Waals surface area (Å²) >= 11 is 25.1. The molecule has 2 atom stereocenters. The Bertz CT molecular complexity index is 1290. The number of carbonyl (C=O) groups excluding carboxylic acids is 1. The first-order valence-electron chi connectivity index (χ1n) is 10.1. The second-order valence-electron chi connectivity index (χ2n) is 8.06. The Balaban J connectivity index is 1.54. The number of nitrogens with one attached hydrogen (secondary N) is 2. The summed E-state index contributed by atoms with van der Waals surface area (Å²) in [5.41, 5.74) is 3.39. The second kappa shape index (κ2) is 9.38. The highest BCUT2D eigenvalue weighted by atomic mass is 35.5. The topological polar surface area (TPSA) is 41.1 Å². The first-order valence-corrected chi connectivity index (χ1v) is 11.7. The predicted octanol–water partition coefficient (Wildman–Crippen LogP) is 8.19. The molecule has 176 valence electrons. The SMILES string of the molecule is C=C(Nc1ccc(F)cc1)c1cc(NC(=O)C2C(c3ccc(F)c(Cl)c3)C2(Cl)Cl)cc(C)c1Cl. The zero-order valence-corrected chi connectivity index (χ0v) is 20.8. The summed E-state index contributed by atoms with van der Waals surface area (Å²) < 4.78 is 25.4. The van der Waals surface area contributed by atoms with Crippen molar-refractivity contribution in [1.29, 1.82) is 0 Å². The second-order valence-corrected chi connectivity index (χ2v) is 10.3. The standard InChI is InChI=1S/C25H18Cl4F2N2O/c1-12-9-17(11-18(23(12)27)13(2)32-16-6-4-15(30)5-7-16)33-24(34)22-21(25(22,28)29)14-3-8-20(31)19(26)10-14/h3-11,21-22,32H,2H2,1H3,(H,33,34). The van der Waals surface area contributed by atoms with Gasteiger partial charge in [-0.15, -0.1) is 23.2 Å². The van der Waals surface area contributed by atoms with Crippen LogP contribution < -0.4 is 10.6 Å². The van der Waals surface area contributed by atoms with Gasteiger partial charge < -0.3 is 10.6 Å². The highest BCUT2D eigenvalue weighted by Gasteiger charge is 2.67. The summed E-state index contributed by atoms with van der Waals surface area (Å²) in [5, 5.41) is 6.28. The molecular weight excluding hydrogens is 524 g/mol. The van der Waals surface area contributed by atoms with Crippen LogP contribution in [0.25, 0.3) is 5.70 Å². The molecule has 0 spiro atoms. The van der Waals surface area contributed by atoms with Gasteiger partial charge in [0.1, 0.15) is 16.0 Å². The van der Waals surface area contributed by atoms with E-state index in [1.807, 2.05) is 0 Å². The molecule has 0 aliphatic heterocycles. The van der Waals surface area contributed by atoms with Crippen molar-refractivity contribution in [3.05, 3.63) is 99.5 Å². The zero-order chi connectivity index (χ0) is 24.8. The fourth-order valence-corrected chi connectivity index (χ4v) is 5.07. The molecule has 0 saturated heterocycles. The largest absolute Gasteiger partial charge is 0.355 e. The van der Waals surface area contributed by atoms with E-state index >= 15 is 0 Å². The van der Waals surface area contributed by atoms with Crippen LogP contribution in [0, 0.1) is 24.5 Å². The quantitative estimate of drug-likeness (QED) is 0.309. The van der Waals surface area contributed by atoms with Gasteiger partial charge in [0, 0.05) is 28.6 Å². The monoisotopic (exact) mass is 540 g/mol. The van der Waals surface area contributed by atoms with Crippen LogP contribution in [0.4, 0.5) is 20.2 Å². The van der Waals surface area contributed by atoms with Crippen LogP contribution in [-0.2, 0) is 4.79 Å². The molecule has 1 amide bonds. The Morgan fingerprint density at radius 3 is 2.29 bits per heavy atom. The maximum Gasteiger partial charge on any atom is 0.231 e. The molecule has 0 aromatic heterocycles. The lowest BCUT2D eigenvalue weighted by atomic mass is 10.1. The zero-order valence-electron chi connectivity index (χ0n) is 17.7. The minimum atomic E-state index is -1.36. The number of hydrogen-bond acceptors (Lipinski definition) is 2. The highest BCUT2D eigenvalue weighted by molar-refractivity contribution is 6.53. The molecule has 3 nitrogen and oxygen atoms in total. The van der Waals surface area contributed by atoms with E-state index in [1.54, 1.807) is 31.2 Å². The minimum absolute atomic E-state index is 0.0715. The summed E-state index contributed by atoms with van der Waals surface area (Å²) in [6, 6.07) is 13.3. The number of rotatable bonds is 6. The number of alkyl halides is 2. The normalized spacial score (nSPS) is 18.3. The van der Waals surface area contributed by atoms with E-state index in [4.69, 9.17) is 46.4 Å². The van der Waals surface area contributed by atoms with Gasteiger partial charge in [0.05, 0.1) is 16.0 Å². The van der Waals surface area contributed by atoms with E-state index in [1.165, 1.54) is 30.3 Å². The molecule has 2 unspecified atom stereocenters. The number of carbonyl (C=O) groups is 1. The van der Waals surface area contributed by atoms with Crippen molar-refractivity contribution in [3.63, 3.8) is 0 Å². The van der Waals surface area contributed by atoms with E-state index < -0.39 is 27.9 Å². The summed E-state index contributed by atoms with van der Waals surface area (Å²) in [4.78, 5) is 13.0. The van der Waals surface area contributed by atoms with Crippen LogP contribution in [0.3, 0.4) is 0 Å². The molecule has 3 aromatic rings. The first kappa shape index (κ1) is 24.8. The van der Waals surface area contributed by atoms with Crippen LogP contribution in [0.2, 0.25) is 10.0 Å². The molecule has 1 fully saturated rings. The highest BCUT2D eigenvalue weighted by Crippen LogP contribution is 2.65. The lowest BCUT2D eigenvalue weighted by Crippen LogP contribution is -2.17. The third-order valence-corrected chi connectivity index (χ3v) is 7.36. The van der Waals surface area contributed by atoms with Crippen LogP contribution in [-0.4, -0.2) is 10.2 Å². The summed E-state index contributed by atoms with van der Waals surface area (Å²) in [6.07, 6.45) is 0. The third kappa shape index (κ3) is 4.89. The van der Waals surface area contributed by atoms with Gasteiger partial charge in [-0.3, -0.25) is 4.79 Å². The molecule has 4 rings (SSSR count). The van der Waals surface area contributed by atoms with Gasteiger partial charge in [-0.05, 0) is 66.6 Å². The van der Waals surface area contributed by atoms with Crippen molar-refractivity contribution in [2.45, 2.75) is 17.2 Å². The molecule has 0 bridgehead atoms. The molecule has 3 aromatic carbocycles. The third-order valence-electron chi connectivity index (χ3n) is 5.63. The van der Waals surface area contributed by atoms with Crippen molar-refractivity contribution in [2.75, 3.05) is 10.6 Å². The average Bonchev–Trinajstić information content (AvgIpc) is 3.36. The van der Waals surface area contributed by atoms with Crippen molar-refractivity contribution in [3.8, 4) is 0 Å². The molecule has 1 aliphatic rings. The van der Waals surface area contributed by atoms with Crippen LogP contribution in [0.1, 0.15) is 22.6 Å². The van der Waals surface area contributed by atoms with Crippen molar-refractivity contribution in [2.24, 2.45) is 5.92 Å². The Hall–Kier alpha value is -2.31. The molecule has 0 heterocycles. The average molecular weight is 542 g/mol. The van der Waals surface area contributed by atoms with Crippen molar-refractivity contribution >= 4 is 69.4 Å². The van der Waals surface area contributed by atoms with Gasteiger partial charge in [0.15, 0.2) is 0 Å². The number of benzene rings is 3.